The van der Waals surface area contributed by atoms with Crippen LogP contribution in [-0.2, 0) is 10.8 Å². The van der Waals surface area contributed by atoms with Crippen molar-refractivity contribution in [1.29, 1.82) is 0 Å². The third-order valence-electron chi connectivity index (χ3n) is 15.9. The Morgan fingerprint density at radius 3 is 1.22 bits per heavy atom. The van der Waals surface area contributed by atoms with Crippen LogP contribution in [0.15, 0.2) is 133 Å². The van der Waals surface area contributed by atoms with E-state index >= 15 is 8.78 Å². The van der Waals surface area contributed by atoms with Crippen molar-refractivity contribution in [2.24, 2.45) is 0 Å². The molecule has 2 nitrogen and oxygen atoms in total. The topological polar surface area (TPSA) is 6.48 Å². The first-order chi connectivity index (χ1) is 28.1. The zero-order valence-corrected chi connectivity index (χ0v) is 34.0. The molecule has 7 aromatic carbocycles. The number of fused-ring (bicyclic) bond motifs is 8. The molecule has 4 aliphatic rings. The molecule has 290 valence electrons. The summed E-state index contributed by atoms with van der Waals surface area (Å²) in [6.07, 6.45) is 8.78. The second-order valence-corrected chi connectivity index (χ2v) is 18.6. The van der Waals surface area contributed by atoms with Crippen molar-refractivity contribution in [1.82, 2.24) is 0 Å². The Bertz CT molecular complexity index is 2600. The van der Waals surface area contributed by atoms with Crippen LogP contribution >= 0.6 is 0 Å². The number of nitrogens with zero attached hydrogens (tertiary/aromatic N) is 2. The van der Waals surface area contributed by atoms with Gasteiger partial charge in [0.15, 0.2) is 0 Å². The Hall–Kier alpha value is -5.48. The molecular weight excluding hydrogens is 715 g/mol. The van der Waals surface area contributed by atoms with Crippen molar-refractivity contribution >= 4 is 44.3 Å². The summed E-state index contributed by atoms with van der Waals surface area (Å²) in [5.41, 5.74) is 10.8. The minimum absolute atomic E-state index is 0.162. The molecule has 0 radical (unpaired) electrons. The van der Waals surface area contributed by atoms with Crippen molar-refractivity contribution in [2.75, 3.05) is 9.80 Å². The first-order valence-corrected chi connectivity index (χ1v) is 21.4. The van der Waals surface area contributed by atoms with Crippen LogP contribution in [-0.4, -0.2) is 11.1 Å². The maximum Gasteiger partial charge on any atom is 0.123 e. The fraction of sp³-hybridized carbons (Fsp3) is 0.296. The third-order valence-corrected chi connectivity index (χ3v) is 15.9. The van der Waals surface area contributed by atoms with Gasteiger partial charge in [-0.1, -0.05) is 112 Å². The number of halogens is 2. The molecule has 0 N–H and O–H groups in total. The van der Waals surface area contributed by atoms with Crippen LogP contribution in [0.3, 0.4) is 0 Å². The molecule has 0 bridgehead atoms. The first-order valence-electron chi connectivity index (χ1n) is 21.4. The highest BCUT2D eigenvalue weighted by atomic mass is 19.1. The monoisotopic (exact) mass is 764 g/mol. The van der Waals surface area contributed by atoms with Gasteiger partial charge in [0.1, 0.15) is 11.6 Å². The number of anilines is 4. The zero-order valence-electron chi connectivity index (χ0n) is 34.0. The molecule has 0 aromatic heterocycles. The number of rotatable bonds is 4. The molecule has 2 fully saturated rings. The molecule has 2 aliphatic heterocycles. The highest BCUT2D eigenvalue weighted by molar-refractivity contribution is 6.22. The molecule has 2 heterocycles. The molecule has 4 unspecified atom stereocenters. The van der Waals surface area contributed by atoms with Crippen LogP contribution in [0.2, 0.25) is 0 Å². The van der Waals surface area contributed by atoms with Gasteiger partial charge < -0.3 is 9.80 Å². The highest BCUT2D eigenvalue weighted by Crippen LogP contribution is 2.63. The van der Waals surface area contributed by atoms with Crippen LogP contribution < -0.4 is 9.80 Å². The Balaban J connectivity index is 1.20. The minimum atomic E-state index is -0.200. The summed E-state index contributed by atoms with van der Waals surface area (Å²) in [6.45, 7) is 9.55. The number of hydrogen-bond acceptors (Lipinski definition) is 2. The van der Waals surface area contributed by atoms with E-state index in [1.54, 1.807) is 24.3 Å². The second kappa shape index (κ2) is 12.5. The zero-order chi connectivity index (χ0) is 39.6. The minimum Gasteiger partial charge on any atom is -0.334 e. The fourth-order valence-electron chi connectivity index (χ4n) is 12.5. The van der Waals surface area contributed by atoms with E-state index in [1.165, 1.54) is 43.8 Å². The van der Waals surface area contributed by atoms with Crippen LogP contribution in [0.5, 0.6) is 0 Å². The molecule has 0 saturated heterocycles. The fourth-order valence-corrected chi connectivity index (χ4v) is 12.5. The van der Waals surface area contributed by atoms with Crippen LogP contribution in [0.25, 0.3) is 43.8 Å². The van der Waals surface area contributed by atoms with E-state index in [0.29, 0.717) is 0 Å². The van der Waals surface area contributed by atoms with Crippen molar-refractivity contribution in [2.45, 2.75) is 101 Å². The summed E-state index contributed by atoms with van der Waals surface area (Å²) in [5.74, 6) is -0.325. The van der Waals surface area contributed by atoms with E-state index < -0.39 is 0 Å². The first kappa shape index (κ1) is 35.7. The lowest BCUT2D eigenvalue weighted by molar-refractivity contribution is 0.194. The Labute approximate surface area is 341 Å². The van der Waals surface area contributed by atoms with E-state index in [-0.39, 0.29) is 33.5 Å². The maximum absolute atomic E-state index is 15.0. The van der Waals surface area contributed by atoms with Crippen molar-refractivity contribution < 1.29 is 8.78 Å². The second-order valence-electron chi connectivity index (χ2n) is 18.6. The standard InChI is InChI=1S/C54H50F2N2/c1-51-27-11-13-29-53(51,3)57(47-25-19-37(55)31-45(47)51)39-21-23-41-43(33-39)49(35-15-7-5-8-16-35)42-24-22-40(34-44(42)50(41)36-17-9-6-10-18-36)58-48-26-20-38(56)32-46(48)52(2)28-12-14-30-54(52,58)4/h5-10,15-26,31-34H,11-14,27-30H2,1-4H3. The normalized spacial score (nSPS) is 26.1. The van der Waals surface area contributed by atoms with Gasteiger partial charge in [-0.2, -0.15) is 0 Å². The molecule has 0 amide bonds. The van der Waals surface area contributed by atoms with Gasteiger partial charge in [-0.3, -0.25) is 0 Å². The Morgan fingerprint density at radius 1 is 0.414 bits per heavy atom. The third kappa shape index (κ3) is 4.69. The van der Waals surface area contributed by atoms with Gasteiger partial charge >= 0.3 is 0 Å². The van der Waals surface area contributed by atoms with Crippen molar-refractivity contribution in [3.05, 3.63) is 156 Å². The molecule has 4 heteroatoms. The van der Waals surface area contributed by atoms with E-state index in [1.807, 2.05) is 12.1 Å². The highest BCUT2D eigenvalue weighted by Gasteiger charge is 2.59. The van der Waals surface area contributed by atoms with Gasteiger partial charge in [0.05, 0.1) is 11.1 Å². The lowest BCUT2D eigenvalue weighted by Crippen LogP contribution is -2.54. The molecule has 7 aromatic rings. The summed E-state index contributed by atoms with van der Waals surface area (Å²) in [6, 6.07) is 46.8. The van der Waals surface area contributed by atoms with Gasteiger partial charge in [0.25, 0.3) is 0 Å². The quantitative estimate of drug-likeness (QED) is 0.165. The summed E-state index contributed by atoms with van der Waals surface area (Å²) >= 11 is 0. The van der Waals surface area contributed by atoms with Crippen LogP contribution in [0, 0.1) is 11.6 Å². The van der Waals surface area contributed by atoms with Gasteiger partial charge in [0, 0.05) is 33.6 Å². The van der Waals surface area contributed by atoms with Crippen LogP contribution in [0.1, 0.15) is 90.2 Å². The summed E-state index contributed by atoms with van der Waals surface area (Å²) in [5, 5.41) is 4.80. The summed E-state index contributed by atoms with van der Waals surface area (Å²) < 4.78 is 30.1. The lowest BCUT2D eigenvalue weighted by atomic mass is 9.61. The molecule has 11 rings (SSSR count). The molecule has 58 heavy (non-hydrogen) atoms. The van der Waals surface area contributed by atoms with E-state index in [9.17, 15) is 0 Å². The van der Waals surface area contributed by atoms with Crippen molar-refractivity contribution in [3.63, 3.8) is 0 Å². The smallest absolute Gasteiger partial charge is 0.123 e. The predicted molar refractivity (Wildman–Crippen MR) is 238 cm³/mol. The Morgan fingerprint density at radius 2 is 0.810 bits per heavy atom. The largest absolute Gasteiger partial charge is 0.334 e. The molecule has 0 spiro atoms. The molecule has 2 aliphatic carbocycles. The van der Waals surface area contributed by atoms with E-state index in [0.717, 1.165) is 85.2 Å². The predicted octanol–water partition coefficient (Wildman–Crippen LogP) is 15.1. The average Bonchev–Trinajstić information content (AvgIpc) is 3.57. The number of benzene rings is 7. The molecular formula is C54H50F2N2. The van der Waals surface area contributed by atoms with Gasteiger partial charge in [-0.15, -0.1) is 0 Å². The van der Waals surface area contributed by atoms with Crippen LogP contribution in [0.4, 0.5) is 31.5 Å². The van der Waals surface area contributed by atoms with Gasteiger partial charge in [0.2, 0.25) is 0 Å². The number of hydrogen-bond donors (Lipinski definition) is 0. The van der Waals surface area contributed by atoms with E-state index in [4.69, 9.17) is 0 Å². The summed E-state index contributed by atoms with van der Waals surface area (Å²) in [4.78, 5) is 5.11. The summed E-state index contributed by atoms with van der Waals surface area (Å²) in [7, 11) is 0. The Kier molecular flexibility index (Phi) is 7.69. The van der Waals surface area contributed by atoms with Gasteiger partial charge in [-0.05, 0) is 155 Å². The SMILES string of the molecule is CC12CCCCC1(C)N(c1ccc3c(-c4ccccc4)c4cc(N5c6ccc(F)cc6C6(C)CCCCC56C)ccc4c(-c4ccccc4)c3c1)c1ccc(F)cc12. The van der Waals surface area contributed by atoms with Gasteiger partial charge in [-0.25, -0.2) is 8.78 Å². The molecule has 2 saturated carbocycles. The lowest BCUT2D eigenvalue weighted by Gasteiger charge is -2.50. The molecule has 4 atom stereocenters. The average molecular weight is 765 g/mol. The van der Waals surface area contributed by atoms with Crippen molar-refractivity contribution in [3.8, 4) is 22.3 Å². The van der Waals surface area contributed by atoms with E-state index in [2.05, 4.69) is 135 Å². The maximum atomic E-state index is 15.0.